The second-order valence-electron chi connectivity index (χ2n) is 10.3. The zero-order chi connectivity index (χ0) is 30.3. The maximum absolute atomic E-state index is 13.6. The smallest absolute Gasteiger partial charge is 0.422 e. The molecule has 2 aromatic carbocycles. The van der Waals surface area contributed by atoms with Gasteiger partial charge in [-0.25, -0.2) is 17.5 Å². The van der Waals surface area contributed by atoms with E-state index < -0.39 is 51.5 Å². The first-order valence-electron chi connectivity index (χ1n) is 12.8. The Balaban J connectivity index is 1.47. The van der Waals surface area contributed by atoms with E-state index in [9.17, 15) is 35.6 Å². The largest absolute Gasteiger partial charge is 0.493 e. The first kappa shape index (κ1) is 29.4. The first-order valence-corrected chi connectivity index (χ1v) is 14.9. The summed E-state index contributed by atoms with van der Waals surface area (Å²) in [6.45, 7) is -1.15. The zero-order valence-corrected chi connectivity index (χ0v) is 23.1. The Bertz CT molecular complexity index is 1640. The van der Waals surface area contributed by atoms with Crippen molar-refractivity contribution < 1.29 is 45.0 Å². The van der Waals surface area contributed by atoms with Gasteiger partial charge in [0.05, 0.1) is 17.8 Å². The number of ether oxygens (including phenoxy) is 2. The Kier molecular flexibility index (Phi) is 7.64. The minimum atomic E-state index is -4.52. The summed E-state index contributed by atoms with van der Waals surface area (Å²) in [5, 5.41) is 10.1. The molecule has 0 radical (unpaired) electrons. The lowest BCUT2D eigenvalue weighted by Crippen LogP contribution is -2.53. The van der Waals surface area contributed by atoms with E-state index in [-0.39, 0.29) is 42.5 Å². The monoisotopic (exact) mass is 610 g/mol. The maximum Gasteiger partial charge on any atom is 0.422 e. The van der Waals surface area contributed by atoms with Crippen LogP contribution in [0.4, 0.5) is 23.4 Å². The molecule has 0 bridgehead atoms. The van der Waals surface area contributed by atoms with Gasteiger partial charge in [-0.05, 0) is 36.2 Å². The van der Waals surface area contributed by atoms with Gasteiger partial charge < -0.3 is 20.1 Å². The van der Waals surface area contributed by atoms with Crippen molar-refractivity contribution in [1.82, 2.24) is 15.1 Å². The number of sulfone groups is 1. The molecule has 1 aromatic heterocycles. The molecule has 15 heteroatoms. The standard InChI is InChI=1S/C27H26F4N4O6S/c1-42(38,39)14-22(36)32-24-23-20(34-35(24)10-8-16-2-4-17(28)5-3-16)13-26(33-25(23)37)9-11-40-21-12-18(6-7-19(21)26)41-15-27(29,30)31/h2-7,12H,8-11,13-15H2,1H3,(H,32,36)(H,33,37)/t26-/m0/s1. The number of nitrogens with one attached hydrogen (secondary N) is 2. The number of hydrogen-bond acceptors (Lipinski definition) is 7. The van der Waals surface area contributed by atoms with Crippen LogP contribution in [0.3, 0.4) is 0 Å². The highest BCUT2D eigenvalue weighted by Crippen LogP contribution is 2.44. The summed E-state index contributed by atoms with van der Waals surface area (Å²) in [4.78, 5) is 26.2. The van der Waals surface area contributed by atoms with Crippen molar-refractivity contribution >= 4 is 27.5 Å². The average Bonchev–Trinajstić information content (AvgIpc) is 3.22. The van der Waals surface area contributed by atoms with Crippen LogP contribution in [0.25, 0.3) is 0 Å². The van der Waals surface area contributed by atoms with Crippen molar-refractivity contribution in [2.45, 2.75) is 37.5 Å². The molecular weight excluding hydrogens is 584 g/mol. The molecule has 0 saturated heterocycles. The fourth-order valence-electron chi connectivity index (χ4n) is 5.12. The van der Waals surface area contributed by atoms with Gasteiger partial charge in [-0.1, -0.05) is 12.1 Å². The van der Waals surface area contributed by atoms with Crippen LogP contribution in [0.5, 0.6) is 11.5 Å². The highest BCUT2D eigenvalue weighted by atomic mass is 32.2. The number of carbonyl (C=O) groups is 2. The van der Waals surface area contributed by atoms with Gasteiger partial charge in [0, 0.05) is 37.3 Å². The Morgan fingerprint density at radius 2 is 1.95 bits per heavy atom. The highest BCUT2D eigenvalue weighted by molar-refractivity contribution is 7.91. The van der Waals surface area contributed by atoms with Crippen LogP contribution in [0.2, 0.25) is 0 Å². The van der Waals surface area contributed by atoms with E-state index in [4.69, 9.17) is 9.47 Å². The summed E-state index contributed by atoms with van der Waals surface area (Å²) < 4.78 is 86.6. The number of alkyl halides is 3. The Morgan fingerprint density at radius 1 is 1.21 bits per heavy atom. The fourth-order valence-corrected chi connectivity index (χ4v) is 5.67. The molecule has 0 fully saturated rings. The van der Waals surface area contributed by atoms with E-state index in [1.165, 1.54) is 35.0 Å². The summed E-state index contributed by atoms with van der Waals surface area (Å²) >= 11 is 0. The maximum atomic E-state index is 13.6. The normalized spacial score (nSPS) is 18.1. The van der Waals surface area contributed by atoms with Crippen LogP contribution >= 0.6 is 0 Å². The molecule has 2 amide bonds. The molecular formula is C27H26F4N4O6S. The minimum Gasteiger partial charge on any atom is -0.493 e. The predicted octanol–water partition coefficient (Wildman–Crippen LogP) is 3.15. The summed E-state index contributed by atoms with van der Waals surface area (Å²) in [6.07, 6.45) is -2.76. The summed E-state index contributed by atoms with van der Waals surface area (Å²) in [5.74, 6) is -2.41. The van der Waals surface area contributed by atoms with Crippen LogP contribution in [-0.4, -0.2) is 61.4 Å². The van der Waals surface area contributed by atoms with Crippen molar-refractivity contribution in [1.29, 1.82) is 0 Å². The lowest BCUT2D eigenvalue weighted by Gasteiger charge is -2.41. The number of anilines is 1. The molecule has 1 atom stereocenters. The third kappa shape index (κ3) is 6.50. The number of rotatable bonds is 8. The van der Waals surface area contributed by atoms with Crippen molar-refractivity contribution in [3.8, 4) is 11.5 Å². The van der Waals surface area contributed by atoms with E-state index in [0.717, 1.165) is 11.8 Å². The molecule has 42 heavy (non-hydrogen) atoms. The van der Waals surface area contributed by atoms with E-state index in [0.29, 0.717) is 24.1 Å². The van der Waals surface area contributed by atoms with E-state index in [1.54, 1.807) is 12.1 Å². The lowest BCUT2D eigenvalue weighted by atomic mass is 9.77. The number of amides is 2. The summed E-state index contributed by atoms with van der Waals surface area (Å²) in [5.41, 5.74) is 0.680. The number of aromatic nitrogens is 2. The number of benzene rings is 2. The Hall–Kier alpha value is -4.14. The Labute approximate surface area is 237 Å². The third-order valence-electron chi connectivity index (χ3n) is 6.91. The molecule has 2 N–H and O–H groups in total. The van der Waals surface area contributed by atoms with Gasteiger partial charge >= 0.3 is 6.18 Å². The van der Waals surface area contributed by atoms with Gasteiger partial charge in [0.25, 0.3) is 5.91 Å². The molecule has 3 heterocycles. The molecule has 5 rings (SSSR count). The average molecular weight is 611 g/mol. The molecule has 0 saturated carbocycles. The summed E-state index contributed by atoms with van der Waals surface area (Å²) in [6, 6.07) is 10.0. The summed E-state index contributed by atoms with van der Waals surface area (Å²) in [7, 11) is -3.67. The Morgan fingerprint density at radius 3 is 2.64 bits per heavy atom. The second-order valence-corrected chi connectivity index (χ2v) is 12.4. The molecule has 2 aliphatic rings. The predicted molar refractivity (Wildman–Crippen MR) is 142 cm³/mol. The number of aryl methyl sites for hydroxylation is 2. The second kappa shape index (κ2) is 10.9. The zero-order valence-electron chi connectivity index (χ0n) is 22.3. The minimum absolute atomic E-state index is 0.0243. The number of halogens is 4. The van der Waals surface area contributed by atoms with Crippen molar-refractivity contribution in [3.05, 3.63) is 70.7 Å². The van der Waals surface area contributed by atoms with Crippen LogP contribution in [-0.2, 0) is 39.6 Å². The molecule has 224 valence electrons. The topological polar surface area (TPSA) is 129 Å². The quantitative estimate of drug-likeness (QED) is 0.375. The first-order chi connectivity index (χ1) is 19.7. The molecule has 0 unspecified atom stereocenters. The van der Waals surface area contributed by atoms with Crippen molar-refractivity contribution in [2.75, 3.05) is 30.5 Å². The number of carbonyl (C=O) groups excluding carboxylic acids is 2. The number of nitrogens with zero attached hydrogens (tertiary/aromatic N) is 2. The van der Waals surface area contributed by atoms with Crippen LogP contribution in [0.15, 0.2) is 42.5 Å². The molecule has 10 nitrogen and oxygen atoms in total. The fraction of sp³-hybridized carbons (Fsp3) is 0.370. The molecule has 1 spiro atoms. The third-order valence-corrected chi connectivity index (χ3v) is 7.69. The highest BCUT2D eigenvalue weighted by Gasteiger charge is 2.46. The van der Waals surface area contributed by atoms with Gasteiger partial charge in [0.15, 0.2) is 16.4 Å². The van der Waals surface area contributed by atoms with Gasteiger partial charge in [-0.2, -0.15) is 18.3 Å². The van der Waals surface area contributed by atoms with Crippen LogP contribution < -0.4 is 20.1 Å². The molecule has 2 aliphatic heterocycles. The van der Waals surface area contributed by atoms with E-state index in [2.05, 4.69) is 15.7 Å². The van der Waals surface area contributed by atoms with Crippen molar-refractivity contribution in [3.63, 3.8) is 0 Å². The van der Waals surface area contributed by atoms with Crippen LogP contribution in [0.1, 0.15) is 33.6 Å². The molecule has 3 aromatic rings. The van der Waals surface area contributed by atoms with Gasteiger partial charge in [-0.15, -0.1) is 0 Å². The lowest BCUT2D eigenvalue weighted by molar-refractivity contribution is -0.153. The van der Waals surface area contributed by atoms with Gasteiger partial charge in [0.2, 0.25) is 5.91 Å². The molecule has 0 aliphatic carbocycles. The SMILES string of the molecule is CS(=O)(=O)CC(=O)Nc1c2c(nn1CCc1ccc(F)cc1)C[C@]1(CCOc3cc(OCC(F)(F)F)ccc31)NC2=O. The van der Waals surface area contributed by atoms with Gasteiger partial charge in [-0.3, -0.25) is 9.59 Å². The number of fused-ring (bicyclic) bond motifs is 3. The number of hydrogen-bond donors (Lipinski definition) is 2. The van der Waals surface area contributed by atoms with Crippen LogP contribution in [0, 0.1) is 5.82 Å². The van der Waals surface area contributed by atoms with E-state index >= 15 is 0 Å². The van der Waals surface area contributed by atoms with Gasteiger partial charge in [0.1, 0.15) is 34.5 Å². The van der Waals surface area contributed by atoms with E-state index in [1.807, 2.05) is 0 Å². The van der Waals surface area contributed by atoms with Crippen molar-refractivity contribution in [2.24, 2.45) is 0 Å².